The summed E-state index contributed by atoms with van der Waals surface area (Å²) in [5.74, 6) is -0.794. The highest BCUT2D eigenvalue weighted by atomic mass is 16.5. The Hall–Kier alpha value is -5.32. The lowest BCUT2D eigenvalue weighted by molar-refractivity contribution is -0.118. The van der Waals surface area contributed by atoms with E-state index in [2.05, 4.69) is 38.4 Å². The maximum absolute atomic E-state index is 14.1. The van der Waals surface area contributed by atoms with E-state index < -0.39 is 18.1 Å². The molecule has 2 heterocycles. The molecule has 10 nitrogen and oxygen atoms in total. The van der Waals surface area contributed by atoms with Crippen molar-refractivity contribution in [3.05, 3.63) is 149 Å². The second kappa shape index (κ2) is 16.0. The van der Waals surface area contributed by atoms with Gasteiger partial charge in [0, 0.05) is 18.2 Å². The average Bonchev–Trinajstić information content (AvgIpc) is 3.60. The van der Waals surface area contributed by atoms with Crippen LogP contribution >= 0.6 is 0 Å². The molecule has 1 aliphatic rings. The Balaban J connectivity index is 1.10. The number of benzene rings is 4. The molecule has 2 amide bonds. The minimum atomic E-state index is -0.941. The Labute approximate surface area is 280 Å². The van der Waals surface area contributed by atoms with Gasteiger partial charge in [0.15, 0.2) is 0 Å². The Morgan fingerprint density at radius 2 is 1.56 bits per heavy atom. The van der Waals surface area contributed by atoms with Gasteiger partial charge in [0.25, 0.3) is 0 Å². The molecule has 6 rings (SSSR count). The van der Waals surface area contributed by atoms with E-state index in [4.69, 9.17) is 9.47 Å². The topological polar surface area (TPSA) is 119 Å². The van der Waals surface area contributed by atoms with Crippen molar-refractivity contribution in [2.24, 2.45) is 0 Å². The van der Waals surface area contributed by atoms with Gasteiger partial charge in [0.05, 0.1) is 38.6 Å². The molecule has 48 heavy (non-hydrogen) atoms. The largest absolute Gasteiger partial charge is 0.453 e. The van der Waals surface area contributed by atoms with Crippen LogP contribution in [0.4, 0.5) is 10.5 Å². The van der Waals surface area contributed by atoms with Crippen molar-refractivity contribution in [3.63, 3.8) is 0 Å². The van der Waals surface area contributed by atoms with Crippen molar-refractivity contribution in [2.45, 2.75) is 43.5 Å². The predicted molar refractivity (Wildman–Crippen MR) is 183 cm³/mol. The molecule has 0 unspecified atom stereocenters. The minimum Gasteiger partial charge on any atom is -0.453 e. The van der Waals surface area contributed by atoms with Crippen molar-refractivity contribution < 1.29 is 19.1 Å². The molecular formula is C38H40N6O4. The highest BCUT2D eigenvalue weighted by Gasteiger charge is 2.33. The van der Waals surface area contributed by atoms with Gasteiger partial charge in [-0.2, -0.15) is 0 Å². The quantitative estimate of drug-likeness (QED) is 0.165. The third kappa shape index (κ3) is 8.33. The fraction of sp³-hybridized carbons (Fsp3) is 0.263. The van der Waals surface area contributed by atoms with E-state index in [1.165, 1.54) is 12.7 Å². The van der Waals surface area contributed by atoms with E-state index in [1.54, 1.807) is 0 Å². The van der Waals surface area contributed by atoms with Gasteiger partial charge >= 0.3 is 6.09 Å². The van der Waals surface area contributed by atoms with Crippen molar-refractivity contribution in [1.82, 2.24) is 25.6 Å². The van der Waals surface area contributed by atoms with Crippen molar-refractivity contribution in [1.29, 1.82) is 0 Å². The lowest BCUT2D eigenvalue weighted by Crippen LogP contribution is -2.48. The van der Waals surface area contributed by atoms with Crippen LogP contribution in [-0.4, -0.2) is 59.4 Å². The van der Waals surface area contributed by atoms with Crippen LogP contribution in [0.1, 0.15) is 46.3 Å². The first-order valence-electron chi connectivity index (χ1n) is 16.2. The van der Waals surface area contributed by atoms with Crippen molar-refractivity contribution >= 4 is 17.7 Å². The molecule has 0 aliphatic carbocycles. The van der Waals surface area contributed by atoms with Gasteiger partial charge in [-0.15, -0.1) is 5.10 Å². The summed E-state index contributed by atoms with van der Waals surface area (Å²) in [4.78, 5) is 26.6. The first kappa shape index (κ1) is 32.6. The standard InChI is InChI=1S/C38H40N6O4/c1-47-38(46)41-36(35(29-16-7-3-8-17-29)30-18-9-4-10-19-30)37(45)40-32-20-12-11-15-28(32)21-22-31-23-39-34(26-48-31)33-25-44(43-42-33)24-27-13-5-2-6-14-27/h2-20,25,31,34-36,39H,21-24,26H2,1H3,(H,40,45)(H,41,46)/t31-,34+,36+/m1/s1. The molecule has 1 aliphatic heterocycles. The van der Waals surface area contributed by atoms with Crippen LogP contribution in [0.15, 0.2) is 121 Å². The molecular weight excluding hydrogens is 604 g/mol. The Bertz CT molecular complexity index is 1720. The maximum Gasteiger partial charge on any atom is 0.407 e. The van der Waals surface area contributed by atoms with E-state index in [9.17, 15) is 9.59 Å². The first-order chi connectivity index (χ1) is 23.6. The number of carbonyl (C=O) groups is 2. The van der Waals surface area contributed by atoms with E-state index in [0.717, 1.165) is 28.8 Å². The molecule has 4 aromatic carbocycles. The summed E-state index contributed by atoms with van der Waals surface area (Å²) >= 11 is 0. The predicted octanol–water partition coefficient (Wildman–Crippen LogP) is 5.48. The lowest BCUT2D eigenvalue weighted by Gasteiger charge is -2.30. The molecule has 5 aromatic rings. The number of hydrogen-bond acceptors (Lipinski definition) is 7. The third-order valence-electron chi connectivity index (χ3n) is 8.59. The van der Waals surface area contributed by atoms with Crippen molar-refractivity contribution in [3.8, 4) is 0 Å². The third-order valence-corrected chi connectivity index (χ3v) is 8.59. The number of aryl methyl sites for hydroxylation is 1. The van der Waals surface area contributed by atoms with Crippen LogP contribution in [0.5, 0.6) is 0 Å². The molecule has 3 N–H and O–H groups in total. The molecule has 1 aromatic heterocycles. The number of alkyl carbamates (subject to hydrolysis) is 1. The molecule has 1 fully saturated rings. The van der Waals surface area contributed by atoms with Crippen LogP contribution < -0.4 is 16.0 Å². The molecule has 10 heteroatoms. The molecule has 0 radical (unpaired) electrons. The van der Waals surface area contributed by atoms with Crippen LogP contribution in [0.3, 0.4) is 0 Å². The van der Waals surface area contributed by atoms with Gasteiger partial charge in [0.1, 0.15) is 11.7 Å². The number of morpholine rings is 1. The lowest BCUT2D eigenvalue weighted by atomic mass is 9.84. The smallest absolute Gasteiger partial charge is 0.407 e. The summed E-state index contributed by atoms with van der Waals surface area (Å²) in [7, 11) is 1.29. The molecule has 0 saturated carbocycles. The number of carbonyl (C=O) groups excluding carboxylic acids is 2. The first-order valence-corrected chi connectivity index (χ1v) is 16.2. The number of nitrogens with one attached hydrogen (secondary N) is 3. The highest BCUT2D eigenvalue weighted by Crippen LogP contribution is 2.30. The van der Waals surface area contributed by atoms with Gasteiger partial charge in [-0.05, 0) is 41.2 Å². The minimum absolute atomic E-state index is 0.00125. The number of amides is 2. The number of anilines is 1. The monoisotopic (exact) mass is 644 g/mol. The SMILES string of the molecule is COC(=O)N[C@H](C(=O)Nc1ccccc1CC[C@@H]1CN[C@H](c2cn(Cc3ccccc3)nn2)CO1)C(c1ccccc1)c1ccccc1. The van der Waals surface area contributed by atoms with E-state index in [-0.39, 0.29) is 18.1 Å². The zero-order chi connectivity index (χ0) is 33.1. The van der Waals surface area contributed by atoms with Crippen LogP contribution in [0.2, 0.25) is 0 Å². The second-order valence-electron chi connectivity index (χ2n) is 11.8. The van der Waals surface area contributed by atoms with Crippen molar-refractivity contribution in [2.75, 3.05) is 25.6 Å². The number of methoxy groups -OCH3 is 1. The molecule has 0 spiro atoms. The second-order valence-corrected chi connectivity index (χ2v) is 11.8. The molecule has 246 valence electrons. The molecule has 0 bridgehead atoms. The normalized spacial score (nSPS) is 16.6. The zero-order valence-corrected chi connectivity index (χ0v) is 26.9. The van der Waals surface area contributed by atoms with Crippen LogP contribution in [0.25, 0.3) is 0 Å². The fourth-order valence-electron chi connectivity index (χ4n) is 6.09. The number of nitrogens with zero attached hydrogens (tertiary/aromatic N) is 3. The summed E-state index contributed by atoms with van der Waals surface area (Å²) in [6, 6.07) is 36.3. The molecule has 1 saturated heterocycles. The van der Waals surface area contributed by atoms with Crippen LogP contribution in [-0.2, 0) is 27.2 Å². The summed E-state index contributed by atoms with van der Waals surface area (Å²) < 4.78 is 13.0. The van der Waals surface area contributed by atoms with Gasteiger partial charge < -0.3 is 25.4 Å². The van der Waals surface area contributed by atoms with Gasteiger partial charge in [0.2, 0.25) is 5.91 Å². The van der Waals surface area contributed by atoms with Gasteiger partial charge in [-0.1, -0.05) is 114 Å². The summed E-state index contributed by atoms with van der Waals surface area (Å²) in [6.07, 6.45) is 2.73. The number of aromatic nitrogens is 3. The maximum atomic E-state index is 14.1. The van der Waals surface area contributed by atoms with Gasteiger partial charge in [-0.3, -0.25) is 4.79 Å². The number of para-hydroxylation sites is 1. The van der Waals surface area contributed by atoms with Gasteiger partial charge in [-0.25, -0.2) is 9.48 Å². The average molecular weight is 645 g/mol. The Kier molecular flexibility index (Phi) is 10.9. The highest BCUT2D eigenvalue weighted by molar-refractivity contribution is 5.98. The fourth-order valence-corrected chi connectivity index (χ4v) is 6.09. The summed E-state index contributed by atoms with van der Waals surface area (Å²) in [6.45, 7) is 1.83. The Morgan fingerprint density at radius 3 is 2.21 bits per heavy atom. The zero-order valence-electron chi connectivity index (χ0n) is 26.9. The molecule has 3 atom stereocenters. The summed E-state index contributed by atoms with van der Waals surface area (Å²) in [5.41, 5.74) is 5.49. The van der Waals surface area contributed by atoms with E-state index in [1.807, 2.05) is 114 Å². The number of ether oxygens (including phenoxy) is 2. The van der Waals surface area contributed by atoms with E-state index >= 15 is 0 Å². The van der Waals surface area contributed by atoms with E-state index in [0.29, 0.717) is 31.8 Å². The Morgan fingerprint density at radius 1 is 0.917 bits per heavy atom. The van der Waals surface area contributed by atoms with Crippen LogP contribution in [0, 0.1) is 0 Å². The number of rotatable bonds is 12. The number of hydrogen-bond donors (Lipinski definition) is 3. The summed E-state index contributed by atoms with van der Waals surface area (Å²) in [5, 5.41) is 18.2.